The molecule has 2 aromatic carbocycles. The summed E-state index contributed by atoms with van der Waals surface area (Å²) in [6.45, 7) is 3.88. The molecule has 0 aliphatic carbocycles. The predicted octanol–water partition coefficient (Wildman–Crippen LogP) is 5.16. The number of rotatable bonds is 7. The first kappa shape index (κ1) is 21.1. The van der Waals surface area contributed by atoms with E-state index in [1.54, 1.807) is 12.1 Å². The topological polar surface area (TPSA) is 111 Å². The van der Waals surface area contributed by atoms with Gasteiger partial charge in [-0.05, 0) is 31.5 Å². The minimum atomic E-state index is -0.550. The summed E-state index contributed by atoms with van der Waals surface area (Å²) >= 11 is 6.20. The average Bonchev–Trinajstić information content (AvgIpc) is 2.70. The lowest BCUT2D eigenvalue weighted by molar-refractivity contribution is -0.383. The molecular weight excluding hydrogens is 410 g/mol. The molecule has 0 spiro atoms. The van der Waals surface area contributed by atoms with E-state index in [0.717, 1.165) is 11.1 Å². The lowest BCUT2D eigenvalue weighted by Crippen LogP contribution is -2.06. The van der Waals surface area contributed by atoms with Crippen LogP contribution in [-0.4, -0.2) is 29.1 Å². The molecule has 30 heavy (non-hydrogen) atoms. The van der Waals surface area contributed by atoms with Crippen LogP contribution < -0.4 is 20.1 Å². The molecule has 0 saturated heterocycles. The number of aromatic nitrogens is 2. The highest BCUT2D eigenvalue weighted by atomic mass is 35.5. The molecule has 0 unspecified atom stereocenters. The van der Waals surface area contributed by atoms with Crippen molar-refractivity contribution in [2.75, 3.05) is 24.9 Å². The van der Waals surface area contributed by atoms with Crippen molar-refractivity contribution < 1.29 is 14.4 Å². The third-order valence-corrected chi connectivity index (χ3v) is 4.66. The van der Waals surface area contributed by atoms with E-state index in [4.69, 9.17) is 21.1 Å². The van der Waals surface area contributed by atoms with E-state index in [0.29, 0.717) is 27.9 Å². The molecule has 0 saturated carbocycles. The number of nitrogens with one attached hydrogen (secondary N) is 2. The highest BCUT2D eigenvalue weighted by Crippen LogP contribution is 2.40. The molecule has 3 aromatic rings. The maximum absolute atomic E-state index is 11.9. The molecule has 1 heterocycles. The Labute approximate surface area is 178 Å². The second kappa shape index (κ2) is 8.83. The number of nitrogens with zero attached hydrogens (tertiary/aromatic N) is 3. The Bertz CT molecular complexity index is 1110. The van der Waals surface area contributed by atoms with Gasteiger partial charge in [0.25, 0.3) is 0 Å². The Balaban J connectivity index is 2.03. The monoisotopic (exact) mass is 429 g/mol. The molecule has 0 aliphatic heterocycles. The molecule has 0 fully saturated rings. The maximum Gasteiger partial charge on any atom is 0.353 e. The molecule has 0 aliphatic rings. The van der Waals surface area contributed by atoms with Crippen molar-refractivity contribution >= 4 is 40.3 Å². The van der Waals surface area contributed by atoms with Crippen LogP contribution in [-0.2, 0) is 0 Å². The first-order valence-electron chi connectivity index (χ1n) is 8.86. The summed E-state index contributed by atoms with van der Waals surface area (Å²) in [5.74, 6) is 0.839. The van der Waals surface area contributed by atoms with Crippen LogP contribution in [0.25, 0.3) is 0 Å². The lowest BCUT2D eigenvalue weighted by atomic mass is 10.1. The average molecular weight is 430 g/mol. The van der Waals surface area contributed by atoms with E-state index < -0.39 is 4.92 Å². The van der Waals surface area contributed by atoms with Gasteiger partial charge in [-0.25, -0.2) is 9.97 Å². The summed E-state index contributed by atoms with van der Waals surface area (Å²) in [6, 6.07) is 8.84. The molecule has 2 N–H and O–H groups in total. The summed E-state index contributed by atoms with van der Waals surface area (Å²) in [5, 5.41) is 18.1. The Hall–Kier alpha value is -3.59. The van der Waals surface area contributed by atoms with Crippen molar-refractivity contribution in [3.05, 3.63) is 62.9 Å². The molecule has 156 valence electrons. The second-order valence-electron chi connectivity index (χ2n) is 6.43. The molecule has 0 radical (unpaired) electrons. The van der Waals surface area contributed by atoms with E-state index in [9.17, 15) is 10.1 Å². The van der Waals surface area contributed by atoms with E-state index >= 15 is 0 Å². The minimum Gasteiger partial charge on any atom is -0.495 e. The molecule has 3 rings (SSSR count). The zero-order chi connectivity index (χ0) is 21.8. The van der Waals surface area contributed by atoms with Gasteiger partial charge >= 0.3 is 5.69 Å². The van der Waals surface area contributed by atoms with Crippen molar-refractivity contribution in [1.82, 2.24) is 9.97 Å². The Morgan fingerprint density at radius 3 is 2.17 bits per heavy atom. The van der Waals surface area contributed by atoms with Gasteiger partial charge in [0.2, 0.25) is 11.6 Å². The smallest absolute Gasteiger partial charge is 0.353 e. The van der Waals surface area contributed by atoms with E-state index in [1.807, 2.05) is 32.0 Å². The van der Waals surface area contributed by atoms with Crippen LogP contribution in [0.1, 0.15) is 11.1 Å². The van der Waals surface area contributed by atoms with Crippen molar-refractivity contribution in [3.8, 4) is 11.5 Å². The zero-order valence-electron chi connectivity index (χ0n) is 16.8. The van der Waals surface area contributed by atoms with Crippen molar-refractivity contribution in [3.63, 3.8) is 0 Å². The maximum atomic E-state index is 11.9. The fourth-order valence-corrected chi connectivity index (χ4v) is 3.14. The van der Waals surface area contributed by atoms with Crippen molar-refractivity contribution in [2.24, 2.45) is 0 Å². The fraction of sp³-hybridized carbons (Fsp3) is 0.200. The van der Waals surface area contributed by atoms with Gasteiger partial charge in [0.05, 0.1) is 29.9 Å². The van der Waals surface area contributed by atoms with Gasteiger partial charge in [0.1, 0.15) is 17.8 Å². The number of aryl methyl sites for hydroxylation is 2. The summed E-state index contributed by atoms with van der Waals surface area (Å²) < 4.78 is 10.5. The summed E-state index contributed by atoms with van der Waals surface area (Å²) in [4.78, 5) is 19.4. The van der Waals surface area contributed by atoms with Crippen molar-refractivity contribution in [2.45, 2.75) is 13.8 Å². The second-order valence-corrected chi connectivity index (χ2v) is 6.84. The highest BCUT2D eigenvalue weighted by molar-refractivity contribution is 6.32. The van der Waals surface area contributed by atoms with Crippen LogP contribution in [0, 0.1) is 24.0 Å². The summed E-state index contributed by atoms with van der Waals surface area (Å²) in [7, 11) is 2.95. The van der Waals surface area contributed by atoms with Gasteiger partial charge in [-0.2, -0.15) is 0 Å². The first-order chi connectivity index (χ1) is 14.3. The Morgan fingerprint density at radius 1 is 0.967 bits per heavy atom. The molecule has 9 nitrogen and oxygen atoms in total. The van der Waals surface area contributed by atoms with Gasteiger partial charge in [-0.15, -0.1) is 0 Å². The summed E-state index contributed by atoms with van der Waals surface area (Å²) in [5.41, 5.74) is 2.80. The van der Waals surface area contributed by atoms with Gasteiger partial charge < -0.3 is 20.1 Å². The molecule has 0 atom stereocenters. The standard InChI is InChI=1S/C20H20ClN5O4/c1-11-5-6-14(12(2)7-11)24-19-18(26(27)28)20(23-10-22-19)25-15-8-13(21)16(29-3)9-17(15)30-4/h5-10H,1-4H3,(H2,22,23,24,25). The van der Waals surface area contributed by atoms with Gasteiger partial charge in [-0.3, -0.25) is 10.1 Å². The van der Waals surface area contributed by atoms with Gasteiger partial charge in [0.15, 0.2) is 0 Å². The number of methoxy groups -OCH3 is 2. The largest absolute Gasteiger partial charge is 0.495 e. The third kappa shape index (κ3) is 4.36. The van der Waals surface area contributed by atoms with Crippen LogP contribution in [0.3, 0.4) is 0 Å². The summed E-state index contributed by atoms with van der Waals surface area (Å²) in [6.07, 6.45) is 1.23. The molecule has 1 aromatic heterocycles. The van der Waals surface area contributed by atoms with Crippen LogP contribution in [0.15, 0.2) is 36.7 Å². The molecule has 10 heteroatoms. The van der Waals surface area contributed by atoms with Gasteiger partial charge in [-0.1, -0.05) is 29.3 Å². The number of benzene rings is 2. The number of nitro groups is 1. The quantitative estimate of drug-likeness (QED) is 0.391. The number of halogens is 1. The molecular formula is C20H20ClN5O4. The normalized spacial score (nSPS) is 10.4. The van der Waals surface area contributed by atoms with Crippen LogP contribution in [0.5, 0.6) is 11.5 Å². The van der Waals surface area contributed by atoms with Crippen molar-refractivity contribution in [1.29, 1.82) is 0 Å². The molecule has 0 amide bonds. The lowest BCUT2D eigenvalue weighted by Gasteiger charge is -2.15. The SMILES string of the molecule is COc1cc(OC)c(Nc2ncnc(Nc3ccc(C)cc3C)c2[N+](=O)[O-])cc1Cl. The van der Waals surface area contributed by atoms with E-state index in [1.165, 1.54) is 20.5 Å². The zero-order valence-corrected chi connectivity index (χ0v) is 17.6. The Morgan fingerprint density at radius 2 is 1.60 bits per heavy atom. The minimum absolute atomic E-state index is 0.0122. The van der Waals surface area contributed by atoms with E-state index in [2.05, 4.69) is 20.6 Å². The number of hydrogen-bond acceptors (Lipinski definition) is 8. The number of ether oxygens (including phenoxy) is 2. The van der Waals surface area contributed by atoms with Crippen LogP contribution >= 0.6 is 11.6 Å². The number of hydrogen-bond donors (Lipinski definition) is 2. The third-order valence-electron chi connectivity index (χ3n) is 4.37. The van der Waals surface area contributed by atoms with Crippen LogP contribution in [0.2, 0.25) is 5.02 Å². The highest BCUT2D eigenvalue weighted by Gasteiger charge is 2.25. The van der Waals surface area contributed by atoms with E-state index in [-0.39, 0.29) is 17.3 Å². The fourth-order valence-electron chi connectivity index (χ4n) is 2.90. The number of anilines is 4. The van der Waals surface area contributed by atoms with Gasteiger partial charge in [0, 0.05) is 11.8 Å². The first-order valence-corrected chi connectivity index (χ1v) is 9.24. The van der Waals surface area contributed by atoms with Crippen LogP contribution in [0.4, 0.5) is 28.7 Å². The predicted molar refractivity (Wildman–Crippen MR) is 116 cm³/mol. The Kier molecular flexibility index (Phi) is 6.22. The molecule has 0 bridgehead atoms.